The van der Waals surface area contributed by atoms with Crippen LogP contribution in [0.15, 0.2) is 41.5 Å². The zero-order valence-electron chi connectivity index (χ0n) is 11.4. The molecule has 0 fully saturated rings. The first kappa shape index (κ1) is 14.7. The molecule has 0 spiro atoms. The Bertz CT molecular complexity index is 545. The largest absolute Gasteiger partial charge is 0.463 e. The number of ether oxygens (including phenoxy) is 1. The van der Waals surface area contributed by atoms with Gasteiger partial charge in [0.05, 0.1) is 13.2 Å². The van der Waals surface area contributed by atoms with Gasteiger partial charge in [-0.05, 0) is 32.4 Å². The monoisotopic (exact) mass is 255 g/mol. The third kappa shape index (κ3) is 4.81. The average Bonchev–Trinajstić information content (AvgIpc) is 2.39. The molecule has 0 atom stereocenters. The van der Waals surface area contributed by atoms with E-state index in [-0.39, 0.29) is 5.97 Å². The van der Waals surface area contributed by atoms with E-state index in [9.17, 15) is 4.79 Å². The predicted molar refractivity (Wildman–Crippen MR) is 76.7 cm³/mol. The minimum Gasteiger partial charge on any atom is -0.463 e. The Hall–Kier alpha value is -2.34. The molecule has 0 aliphatic heterocycles. The molecule has 0 aliphatic rings. The summed E-state index contributed by atoms with van der Waals surface area (Å²) in [5.41, 5.74) is 3.15. The molecule has 0 aliphatic carbocycles. The molecule has 1 aromatic carbocycles. The summed E-state index contributed by atoms with van der Waals surface area (Å²) in [5.74, 6) is -0.293. The normalized spacial score (nSPS) is 11.9. The van der Waals surface area contributed by atoms with Crippen LogP contribution in [0, 0.1) is 6.57 Å². The van der Waals surface area contributed by atoms with Crippen LogP contribution < -0.4 is 0 Å². The van der Waals surface area contributed by atoms with Gasteiger partial charge in [-0.1, -0.05) is 35.9 Å². The van der Waals surface area contributed by atoms with Gasteiger partial charge in [-0.15, -0.1) is 0 Å². The van der Waals surface area contributed by atoms with E-state index in [4.69, 9.17) is 11.3 Å². The van der Waals surface area contributed by atoms with Gasteiger partial charge in [0.15, 0.2) is 5.69 Å². The molecule has 0 saturated carbocycles. The van der Waals surface area contributed by atoms with Crippen molar-refractivity contribution in [3.8, 4) is 0 Å². The number of esters is 1. The molecule has 0 heterocycles. The molecule has 0 aromatic heterocycles. The van der Waals surface area contributed by atoms with Gasteiger partial charge in [-0.2, -0.15) is 0 Å². The topological polar surface area (TPSA) is 30.7 Å². The van der Waals surface area contributed by atoms with Crippen LogP contribution in [0.3, 0.4) is 0 Å². The number of hydrogen-bond donors (Lipinski definition) is 0. The van der Waals surface area contributed by atoms with Crippen molar-refractivity contribution in [3.05, 3.63) is 58.5 Å². The number of carbonyl (C=O) groups is 1. The SMILES string of the molecule is [C-]#[N+]c1ccc(/C=C(C)/C=C(\C)C(=O)OCC)cc1. The molecule has 0 bridgehead atoms. The van der Waals surface area contributed by atoms with Crippen molar-refractivity contribution in [3.63, 3.8) is 0 Å². The fourth-order valence-electron chi connectivity index (χ4n) is 1.60. The number of benzene rings is 1. The smallest absolute Gasteiger partial charge is 0.333 e. The van der Waals surface area contributed by atoms with Gasteiger partial charge in [-0.3, -0.25) is 0 Å². The lowest BCUT2D eigenvalue weighted by atomic mass is 10.1. The summed E-state index contributed by atoms with van der Waals surface area (Å²) in [6, 6.07) is 7.30. The van der Waals surface area contributed by atoms with E-state index in [1.165, 1.54) is 0 Å². The number of allylic oxidation sites excluding steroid dienone is 2. The van der Waals surface area contributed by atoms with Crippen molar-refractivity contribution in [1.82, 2.24) is 0 Å². The van der Waals surface area contributed by atoms with Crippen molar-refractivity contribution in [1.29, 1.82) is 0 Å². The van der Waals surface area contributed by atoms with Crippen LogP contribution in [-0.2, 0) is 9.53 Å². The summed E-state index contributed by atoms with van der Waals surface area (Å²) < 4.78 is 4.92. The molecule has 0 radical (unpaired) electrons. The van der Waals surface area contributed by atoms with Crippen molar-refractivity contribution >= 4 is 17.7 Å². The molecule has 3 heteroatoms. The van der Waals surface area contributed by atoms with Crippen LogP contribution in [0.1, 0.15) is 26.3 Å². The van der Waals surface area contributed by atoms with Gasteiger partial charge in [0.2, 0.25) is 0 Å². The molecule has 0 saturated heterocycles. The number of nitrogens with zero attached hydrogens (tertiary/aromatic N) is 1. The predicted octanol–water partition coefficient (Wildman–Crippen LogP) is 4.15. The molecule has 0 amide bonds. The Morgan fingerprint density at radius 3 is 2.47 bits per heavy atom. The maximum atomic E-state index is 11.5. The molecule has 0 unspecified atom stereocenters. The van der Waals surface area contributed by atoms with Gasteiger partial charge in [0.1, 0.15) is 0 Å². The van der Waals surface area contributed by atoms with Crippen LogP contribution in [-0.4, -0.2) is 12.6 Å². The van der Waals surface area contributed by atoms with E-state index in [0.717, 1.165) is 11.1 Å². The summed E-state index contributed by atoms with van der Waals surface area (Å²) in [6.45, 7) is 12.7. The number of carbonyl (C=O) groups excluding carboxylic acids is 1. The quantitative estimate of drug-likeness (QED) is 0.350. The van der Waals surface area contributed by atoms with Gasteiger partial charge in [0.25, 0.3) is 0 Å². The maximum absolute atomic E-state index is 11.5. The van der Waals surface area contributed by atoms with E-state index in [0.29, 0.717) is 17.9 Å². The minimum absolute atomic E-state index is 0.293. The van der Waals surface area contributed by atoms with Gasteiger partial charge in [0, 0.05) is 5.57 Å². The molecule has 1 aromatic rings. The summed E-state index contributed by atoms with van der Waals surface area (Å²) in [4.78, 5) is 14.8. The van der Waals surface area contributed by atoms with E-state index in [2.05, 4.69) is 4.85 Å². The van der Waals surface area contributed by atoms with Crippen LogP contribution in [0.25, 0.3) is 10.9 Å². The molecule has 3 nitrogen and oxygen atoms in total. The highest BCUT2D eigenvalue weighted by atomic mass is 16.5. The van der Waals surface area contributed by atoms with Crippen LogP contribution in [0.5, 0.6) is 0 Å². The Morgan fingerprint density at radius 1 is 1.32 bits per heavy atom. The number of rotatable bonds is 4. The zero-order chi connectivity index (χ0) is 14.3. The van der Waals surface area contributed by atoms with E-state index in [1.54, 1.807) is 32.1 Å². The van der Waals surface area contributed by atoms with E-state index >= 15 is 0 Å². The minimum atomic E-state index is -0.293. The number of hydrogen-bond acceptors (Lipinski definition) is 2. The molecular weight excluding hydrogens is 238 g/mol. The zero-order valence-corrected chi connectivity index (χ0v) is 11.4. The van der Waals surface area contributed by atoms with Gasteiger partial charge >= 0.3 is 5.97 Å². The van der Waals surface area contributed by atoms with E-state index in [1.807, 2.05) is 25.1 Å². The fraction of sp³-hybridized carbons (Fsp3) is 0.250. The Balaban J connectivity index is 2.84. The van der Waals surface area contributed by atoms with Crippen molar-refractivity contribution in [2.24, 2.45) is 0 Å². The Kier molecular flexibility index (Phi) is 5.56. The Morgan fingerprint density at radius 2 is 1.95 bits per heavy atom. The molecule has 19 heavy (non-hydrogen) atoms. The molecule has 1 rings (SSSR count). The second kappa shape index (κ2) is 7.17. The summed E-state index contributed by atoms with van der Waals surface area (Å²) in [6.07, 6.45) is 3.75. The summed E-state index contributed by atoms with van der Waals surface area (Å²) in [5, 5.41) is 0. The second-order valence-electron chi connectivity index (χ2n) is 4.14. The first-order chi connectivity index (χ1) is 9.06. The van der Waals surface area contributed by atoms with Crippen molar-refractivity contribution < 1.29 is 9.53 Å². The lowest BCUT2D eigenvalue weighted by Gasteiger charge is -2.02. The summed E-state index contributed by atoms with van der Waals surface area (Å²) >= 11 is 0. The lowest BCUT2D eigenvalue weighted by molar-refractivity contribution is -0.138. The molecule has 98 valence electrons. The van der Waals surface area contributed by atoms with Crippen LogP contribution in [0.4, 0.5) is 5.69 Å². The first-order valence-electron chi connectivity index (χ1n) is 6.08. The molecule has 0 N–H and O–H groups in total. The van der Waals surface area contributed by atoms with Crippen molar-refractivity contribution in [2.45, 2.75) is 20.8 Å². The highest BCUT2D eigenvalue weighted by Crippen LogP contribution is 2.15. The fourth-order valence-corrected chi connectivity index (χ4v) is 1.60. The third-order valence-corrected chi connectivity index (χ3v) is 2.46. The Labute approximate surface area is 114 Å². The maximum Gasteiger partial charge on any atom is 0.333 e. The average molecular weight is 255 g/mol. The van der Waals surface area contributed by atoms with Gasteiger partial charge in [-0.25, -0.2) is 9.64 Å². The lowest BCUT2D eigenvalue weighted by Crippen LogP contribution is -2.05. The van der Waals surface area contributed by atoms with Crippen LogP contribution in [0.2, 0.25) is 0 Å². The first-order valence-corrected chi connectivity index (χ1v) is 6.08. The standard InChI is InChI=1S/C16H17NO2/c1-5-19-16(18)13(3)10-12(2)11-14-6-8-15(17-4)9-7-14/h6-11H,5H2,1-3H3/b12-11+,13-10+. The van der Waals surface area contributed by atoms with Crippen LogP contribution >= 0.6 is 0 Å². The van der Waals surface area contributed by atoms with Gasteiger partial charge < -0.3 is 4.74 Å². The molecular formula is C16H17NO2. The highest BCUT2D eigenvalue weighted by Gasteiger charge is 2.03. The second-order valence-corrected chi connectivity index (χ2v) is 4.14. The summed E-state index contributed by atoms with van der Waals surface area (Å²) in [7, 11) is 0. The third-order valence-electron chi connectivity index (χ3n) is 2.46. The van der Waals surface area contributed by atoms with E-state index < -0.39 is 0 Å². The van der Waals surface area contributed by atoms with Crippen molar-refractivity contribution in [2.75, 3.05) is 6.61 Å². The highest BCUT2D eigenvalue weighted by molar-refractivity contribution is 5.88.